The lowest BCUT2D eigenvalue weighted by Crippen LogP contribution is -2.02. The lowest BCUT2D eigenvalue weighted by Gasteiger charge is -2.08. The van der Waals surface area contributed by atoms with Crippen molar-refractivity contribution in [2.75, 3.05) is 0 Å². The number of hydrogen-bond acceptors (Lipinski definition) is 5. The van der Waals surface area contributed by atoms with Gasteiger partial charge in [0.15, 0.2) is 17.3 Å². The summed E-state index contributed by atoms with van der Waals surface area (Å²) in [7, 11) is 0. The van der Waals surface area contributed by atoms with Crippen LogP contribution in [0.4, 0.5) is 0 Å². The average Bonchev–Trinajstić information content (AvgIpc) is 2.42. The van der Waals surface area contributed by atoms with Crippen LogP contribution in [0.3, 0.4) is 0 Å². The molecule has 0 aromatic heterocycles. The summed E-state index contributed by atoms with van der Waals surface area (Å²) in [5.41, 5.74) is 0.392. The van der Waals surface area contributed by atoms with Crippen molar-refractivity contribution >= 4 is 11.4 Å². The smallest absolute Gasteiger partial charge is 0.196 e. The van der Waals surface area contributed by atoms with E-state index in [4.69, 9.17) is 0 Å². The molecule has 5 heteroatoms. The van der Waals surface area contributed by atoms with Crippen molar-refractivity contribution in [2.45, 2.75) is 0 Å². The lowest BCUT2D eigenvalue weighted by molar-refractivity contribution is 0.105. The molecule has 4 N–H and O–H groups in total. The van der Waals surface area contributed by atoms with E-state index in [-0.39, 0.29) is 16.9 Å². The summed E-state index contributed by atoms with van der Waals surface area (Å²) in [5.74, 6) is -2.02. The predicted octanol–water partition coefficient (Wildman–Crippen LogP) is 2.41. The van der Waals surface area contributed by atoms with Crippen LogP contribution in [0, 0.1) is 0 Å². The van der Waals surface area contributed by atoms with E-state index < -0.39 is 23.0 Å². The summed E-state index contributed by atoms with van der Waals surface area (Å²) < 4.78 is 0. The van der Waals surface area contributed by atoms with Crippen LogP contribution in [0.5, 0.6) is 23.0 Å². The van der Waals surface area contributed by atoms with Gasteiger partial charge in [0.05, 0.1) is 5.56 Å². The van der Waals surface area contributed by atoms with Gasteiger partial charge in [0.2, 0.25) is 0 Å². The van der Waals surface area contributed by atoms with Gasteiger partial charge in [-0.2, -0.15) is 0 Å². The van der Waals surface area contributed by atoms with Gasteiger partial charge in [-0.05, 0) is 23.8 Å². The minimum absolute atomic E-state index is 0.0547. The molecule has 0 unspecified atom stereocenters. The summed E-state index contributed by atoms with van der Waals surface area (Å²) in [6, 6.07) is 7.68. The van der Waals surface area contributed by atoms with Crippen molar-refractivity contribution in [1.29, 1.82) is 0 Å². The molecule has 0 aliphatic heterocycles. The molecule has 0 spiro atoms. The molecule has 2 rings (SSSR count). The highest BCUT2D eigenvalue weighted by Gasteiger charge is 2.18. The second kappa shape index (κ2) is 4.97. The van der Waals surface area contributed by atoms with Gasteiger partial charge in [-0.15, -0.1) is 0 Å². The summed E-state index contributed by atoms with van der Waals surface area (Å²) in [6.07, 6.45) is 0. The number of rotatable bonds is 3. The van der Waals surface area contributed by atoms with E-state index in [9.17, 15) is 25.2 Å². The van der Waals surface area contributed by atoms with Crippen LogP contribution in [0.1, 0.15) is 15.9 Å². The van der Waals surface area contributed by atoms with Gasteiger partial charge in [-0.3, -0.25) is 4.79 Å². The van der Waals surface area contributed by atoms with E-state index in [1.807, 2.05) is 0 Å². The number of phenols is 4. The highest BCUT2D eigenvalue weighted by atomic mass is 16.3. The van der Waals surface area contributed by atoms with E-state index in [0.717, 1.165) is 12.1 Å². The van der Waals surface area contributed by atoms with Gasteiger partial charge in [-0.1, -0.05) is 18.7 Å². The van der Waals surface area contributed by atoms with Crippen LogP contribution in [0.15, 0.2) is 43.0 Å². The molecular weight excluding hydrogens is 260 g/mol. The zero-order chi connectivity index (χ0) is 14.9. The normalized spacial score (nSPS) is 10.2. The molecule has 20 heavy (non-hydrogen) atoms. The highest BCUT2D eigenvalue weighted by molar-refractivity contribution is 6.29. The third-order valence-electron chi connectivity index (χ3n) is 2.83. The van der Waals surface area contributed by atoms with Gasteiger partial charge >= 0.3 is 0 Å². The zero-order valence-corrected chi connectivity index (χ0v) is 10.4. The van der Waals surface area contributed by atoms with E-state index >= 15 is 0 Å². The van der Waals surface area contributed by atoms with Crippen molar-refractivity contribution < 1.29 is 25.2 Å². The maximum absolute atomic E-state index is 12.2. The number of benzene rings is 2. The van der Waals surface area contributed by atoms with Crippen molar-refractivity contribution in [2.24, 2.45) is 0 Å². The maximum Gasteiger partial charge on any atom is 0.196 e. The minimum Gasteiger partial charge on any atom is -0.508 e. The van der Waals surface area contributed by atoms with Crippen LogP contribution in [0.2, 0.25) is 0 Å². The average molecular weight is 272 g/mol. The Labute approximate surface area is 114 Å². The van der Waals surface area contributed by atoms with Gasteiger partial charge in [0, 0.05) is 11.6 Å². The molecule has 0 amide bonds. The molecular formula is C15H12O5. The maximum atomic E-state index is 12.2. The molecule has 0 saturated heterocycles. The van der Waals surface area contributed by atoms with Crippen LogP contribution in [-0.2, 0) is 0 Å². The fraction of sp³-hybridized carbons (Fsp3) is 0. The molecule has 0 aliphatic rings. The molecule has 2 aromatic carbocycles. The molecule has 0 saturated carbocycles. The van der Waals surface area contributed by atoms with E-state index in [2.05, 4.69) is 6.58 Å². The molecule has 0 atom stereocenters. The largest absolute Gasteiger partial charge is 0.508 e. The Hall–Kier alpha value is -2.95. The van der Waals surface area contributed by atoms with Crippen LogP contribution < -0.4 is 0 Å². The predicted molar refractivity (Wildman–Crippen MR) is 72.9 cm³/mol. The Kier molecular flexibility index (Phi) is 3.35. The third-order valence-corrected chi connectivity index (χ3v) is 2.83. The first-order valence-corrected chi connectivity index (χ1v) is 5.68. The number of aromatic hydroxyl groups is 4. The summed E-state index contributed by atoms with van der Waals surface area (Å²) in [6.45, 7) is 3.64. The topological polar surface area (TPSA) is 98.0 Å². The van der Waals surface area contributed by atoms with Crippen molar-refractivity contribution in [3.8, 4) is 23.0 Å². The van der Waals surface area contributed by atoms with Crippen LogP contribution in [0.25, 0.3) is 5.57 Å². The Balaban J connectivity index is 2.39. The fourth-order valence-electron chi connectivity index (χ4n) is 1.70. The first kappa shape index (κ1) is 13.5. The monoisotopic (exact) mass is 272 g/mol. The SMILES string of the molecule is C=C(C(=O)c1cc(O)c(O)cc1O)c1ccc(O)cc1. The van der Waals surface area contributed by atoms with E-state index in [0.29, 0.717) is 5.56 Å². The van der Waals surface area contributed by atoms with Crippen molar-refractivity contribution in [3.63, 3.8) is 0 Å². The van der Waals surface area contributed by atoms with Crippen molar-refractivity contribution in [3.05, 3.63) is 54.1 Å². The number of ketones is 1. The first-order chi connectivity index (χ1) is 9.40. The Morgan fingerprint density at radius 2 is 1.40 bits per heavy atom. The van der Waals surface area contributed by atoms with Gasteiger partial charge in [0.1, 0.15) is 11.5 Å². The molecule has 5 nitrogen and oxygen atoms in total. The molecule has 0 fully saturated rings. The molecule has 0 bridgehead atoms. The van der Waals surface area contributed by atoms with Gasteiger partial charge in [0.25, 0.3) is 0 Å². The number of allylic oxidation sites excluding steroid dienone is 1. The minimum atomic E-state index is -0.594. The fourth-order valence-corrected chi connectivity index (χ4v) is 1.70. The molecule has 102 valence electrons. The summed E-state index contributed by atoms with van der Waals surface area (Å²) >= 11 is 0. The quantitative estimate of drug-likeness (QED) is 0.298. The van der Waals surface area contributed by atoms with Crippen LogP contribution in [-0.4, -0.2) is 26.2 Å². The Bertz CT molecular complexity index is 686. The van der Waals surface area contributed by atoms with Crippen molar-refractivity contribution in [1.82, 2.24) is 0 Å². The Morgan fingerprint density at radius 3 is 2.00 bits per heavy atom. The second-order valence-electron chi connectivity index (χ2n) is 4.21. The second-order valence-corrected chi connectivity index (χ2v) is 4.21. The van der Waals surface area contributed by atoms with Crippen LogP contribution >= 0.6 is 0 Å². The number of carbonyl (C=O) groups excluding carboxylic acids is 1. The number of carbonyl (C=O) groups is 1. The van der Waals surface area contributed by atoms with E-state index in [1.165, 1.54) is 24.3 Å². The zero-order valence-electron chi connectivity index (χ0n) is 10.4. The highest BCUT2D eigenvalue weighted by Crippen LogP contribution is 2.34. The van der Waals surface area contributed by atoms with E-state index in [1.54, 1.807) is 0 Å². The third kappa shape index (κ3) is 2.42. The van der Waals surface area contributed by atoms with Gasteiger partial charge < -0.3 is 20.4 Å². The molecule has 2 aromatic rings. The number of hydrogen-bond donors (Lipinski definition) is 4. The summed E-state index contributed by atoms with van der Waals surface area (Å²) in [4.78, 5) is 12.2. The number of phenolic OH excluding ortho intramolecular Hbond substituents is 4. The first-order valence-electron chi connectivity index (χ1n) is 5.68. The molecule has 0 aliphatic carbocycles. The summed E-state index contributed by atoms with van der Waals surface area (Å²) in [5, 5.41) is 37.4. The Morgan fingerprint density at radius 1 is 0.850 bits per heavy atom. The number of Topliss-reactive ketones (excluding diaryl/α,β-unsaturated/α-hetero) is 1. The van der Waals surface area contributed by atoms with Gasteiger partial charge in [-0.25, -0.2) is 0 Å². The lowest BCUT2D eigenvalue weighted by atomic mass is 9.97. The molecule has 0 radical (unpaired) electrons. The standard InChI is InChI=1S/C15H12O5/c1-8(9-2-4-10(16)5-3-9)15(20)11-6-13(18)14(19)7-12(11)17/h2-7,16-19H,1H2. The molecule has 0 heterocycles.